The quantitative estimate of drug-likeness (QED) is 0.839. The Morgan fingerprint density at radius 2 is 2.19 bits per heavy atom. The summed E-state index contributed by atoms with van der Waals surface area (Å²) in [7, 11) is 2.21. The minimum absolute atomic E-state index is 0.414. The number of likely N-dealkylation sites (N-methyl/N-ethyl adjacent to an activating group) is 2. The fourth-order valence-electron chi connectivity index (χ4n) is 3.16. The molecule has 1 aromatic rings. The van der Waals surface area contributed by atoms with Gasteiger partial charge in [-0.3, -0.25) is 4.90 Å². The van der Waals surface area contributed by atoms with Crippen molar-refractivity contribution in [2.75, 3.05) is 33.2 Å². The molecule has 0 aliphatic carbocycles. The van der Waals surface area contributed by atoms with Crippen LogP contribution in [0.2, 0.25) is 0 Å². The Kier molecular flexibility index (Phi) is 6.25. The van der Waals surface area contributed by atoms with Gasteiger partial charge in [0.1, 0.15) is 0 Å². The van der Waals surface area contributed by atoms with Crippen LogP contribution in [0.1, 0.15) is 30.9 Å². The summed E-state index contributed by atoms with van der Waals surface area (Å²) >= 11 is 0. The van der Waals surface area contributed by atoms with Crippen LogP contribution in [0.4, 0.5) is 0 Å². The van der Waals surface area contributed by atoms with Gasteiger partial charge >= 0.3 is 0 Å². The van der Waals surface area contributed by atoms with Crippen molar-refractivity contribution in [1.82, 2.24) is 9.80 Å². The summed E-state index contributed by atoms with van der Waals surface area (Å²) in [5.41, 5.74) is 7.88. The molecule has 21 heavy (non-hydrogen) atoms. The van der Waals surface area contributed by atoms with E-state index in [9.17, 15) is 0 Å². The number of hydrogen-bond donors (Lipinski definition) is 1. The standard InChI is InChI=1S/C18H27N3/c1-3-21-13-7-11-18(21)15-20(2)14-17-9-5-4-8-16(17)10-6-12-19/h4-5,8-9,18H,3,7,11-15,19H2,1-2H3. The molecule has 0 amide bonds. The third-order valence-corrected chi connectivity index (χ3v) is 4.21. The molecule has 1 aromatic carbocycles. The number of hydrogen-bond acceptors (Lipinski definition) is 3. The lowest BCUT2D eigenvalue weighted by molar-refractivity contribution is 0.195. The minimum atomic E-state index is 0.414. The van der Waals surface area contributed by atoms with Crippen LogP contribution in [0.25, 0.3) is 0 Å². The summed E-state index contributed by atoms with van der Waals surface area (Å²) in [6.07, 6.45) is 2.66. The average Bonchev–Trinajstić information content (AvgIpc) is 2.93. The van der Waals surface area contributed by atoms with Crippen molar-refractivity contribution in [3.8, 4) is 11.8 Å². The fraction of sp³-hybridized carbons (Fsp3) is 0.556. The van der Waals surface area contributed by atoms with Crippen molar-refractivity contribution in [2.45, 2.75) is 32.4 Å². The van der Waals surface area contributed by atoms with Gasteiger partial charge in [-0.15, -0.1) is 0 Å². The second-order valence-electron chi connectivity index (χ2n) is 5.78. The summed E-state index contributed by atoms with van der Waals surface area (Å²) < 4.78 is 0. The second-order valence-corrected chi connectivity index (χ2v) is 5.78. The van der Waals surface area contributed by atoms with E-state index in [0.29, 0.717) is 12.6 Å². The monoisotopic (exact) mass is 285 g/mol. The van der Waals surface area contributed by atoms with Crippen molar-refractivity contribution in [3.05, 3.63) is 35.4 Å². The molecular weight excluding hydrogens is 258 g/mol. The fourth-order valence-corrected chi connectivity index (χ4v) is 3.16. The van der Waals surface area contributed by atoms with Gasteiger partial charge < -0.3 is 10.6 Å². The second kappa shape index (κ2) is 8.19. The lowest BCUT2D eigenvalue weighted by Gasteiger charge is -2.28. The minimum Gasteiger partial charge on any atom is -0.320 e. The van der Waals surface area contributed by atoms with E-state index in [1.54, 1.807) is 0 Å². The molecule has 1 fully saturated rings. The van der Waals surface area contributed by atoms with Crippen LogP contribution in [0.15, 0.2) is 24.3 Å². The Bertz CT molecular complexity index is 501. The summed E-state index contributed by atoms with van der Waals surface area (Å²) in [4.78, 5) is 5.01. The van der Waals surface area contributed by atoms with Gasteiger partial charge in [0.2, 0.25) is 0 Å². The molecule has 1 heterocycles. The summed E-state index contributed by atoms with van der Waals surface area (Å²) in [6.45, 7) is 7.17. The van der Waals surface area contributed by atoms with E-state index in [0.717, 1.165) is 25.2 Å². The predicted molar refractivity (Wildman–Crippen MR) is 89.0 cm³/mol. The van der Waals surface area contributed by atoms with Crippen molar-refractivity contribution in [1.29, 1.82) is 0 Å². The number of benzene rings is 1. The zero-order valence-corrected chi connectivity index (χ0v) is 13.3. The molecule has 0 aromatic heterocycles. The molecule has 0 radical (unpaired) electrons. The van der Waals surface area contributed by atoms with Crippen LogP contribution in [0.5, 0.6) is 0 Å². The van der Waals surface area contributed by atoms with Crippen LogP contribution in [-0.4, -0.2) is 49.1 Å². The van der Waals surface area contributed by atoms with Crippen LogP contribution < -0.4 is 5.73 Å². The van der Waals surface area contributed by atoms with Gasteiger partial charge in [-0.2, -0.15) is 0 Å². The molecule has 1 saturated heterocycles. The van der Waals surface area contributed by atoms with Crippen LogP contribution in [-0.2, 0) is 6.54 Å². The zero-order chi connectivity index (χ0) is 15.1. The van der Waals surface area contributed by atoms with Crippen LogP contribution in [0, 0.1) is 11.8 Å². The molecule has 1 atom stereocenters. The smallest absolute Gasteiger partial charge is 0.0555 e. The van der Waals surface area contributed by atoms with Crippen LogP contribution in [0.3, 0.4) is 0 Å². The topological polar surface area (TPSA) is 32.5 Å². The van der Waals surface area contributed by atoms with E-state index in [2.05, 4.69) is 53.8 Å². The molecule has 0 spiro atoms. The first-order valence-electron chi connectivity index (χ1n) is 7.94. The highest BCUT2D eigenvalue weighted by Gasteiger charge is 2.23. The summed E-state index contributed by atoms with van der Waals surface area (Å²) in [5.74, 6) is 6.14. The van der Waals surface area contributed by atoms with Gasteiger partial charge in [-0.25, -0.2) is 0 Å². The van der Waals surface area contributed by atoms with Gasteiger partial charge in [0.25, 0.3) is 0 Å². The average molecular weight is 285 g/mol. The lowest BCUT2D eigenvalue weighted by Crippen LogP contribution is -2.38. The lowest BCUT2D eigenvalue weighted by atomic mass is 10.1. The third-order valence-electron chi connectivity index (χ3n) is 4.21. The van der Waals surface area contributed by atoms with Gasteiger partial charge in [0, 0.05) is 24.7 Å². The van der Waals surface area contributed by atoms with Crippen molar-refractivity contribution in [2.24, 2.45) is 5.73 Å². The highest BCUT2D eigenvalue weighted by molar-refractivity contribution is 5.41. The number of nitrogens with two attached hydrogens (primary N) is 1. The third kappa shape index (κ3) is 4.57. The van der Waals surface area contributed by atoms with Crippen molar-refractivity contribution >= 4 is 0 Å². The van der Waals surface area contributed by atoms with Gasteiger partial charge in [0.15, 0.2) is 0 Å². The Morgan fingerprint density at radius 3 is 2.95 bits per heavy atom. The van der Waals surface area contributed by atoms with Crippen molar-refractivity contribution in [3.63, 3.8) is 0 Å². The van der Waals surface area contributed by atoms with Gasteiger partial charge in [-0.05, 0) is 44.6 Å². The Morgan fingerprint density at radius 1 is 1.38 bits per heavy atom. The molecule has 2 rings (SSSR count). The van der Waals surface area contributed by atoms with Crippen LogP contribution >= 0.6 is 0 Å². The van der Waals surface area contributed by atoms with Crippen molar-refractivity contribution < 1.29 is 0 Å². The summed E-state index contributed by atoms with van der Waals surface area (Å²) in [5, 5.41) is 0. The maximum Gasteiger partial charge on any atom is 0.0555 e. The molecule has 0 saturated carbocycles. The first kappa shape index (κ1) is 16.0. The molecule has 3 heteroatoms. The number of likely N-dealkylation sites (tertiary alicyclic amines) is 1. The number of rotatable bonds is 5. The molecule has 114 valence electrons. The Labute approximate surface area is 129 Å². The molecule has 0 bridgehead atoms. The first-order valence-corrected chi connectivity index (χ1v) is 7.94. The molecular formula is C18H27N3. The molecule has 2 N–H and O–H groups in total. The number of nitrogens with zero attached hydrogens (tertiary/aromatic N) is 2. The summed E-state index contributed by atoms with van der Waals surface area (Å²) in [6, 6.07) is 9.09. The SMILES string of the molecule is CCN1CCCC1CN(C)Cc1ccccc1C#CCN. The highest BCUT2D eigenvalue weighted by atomic mass is 15.2. The van der Waals surface area contributed by atoms with E-state index in [1.807, 2.05) is 6.07 Å². The van der Waals surface area contributed by atoms with E-state index in [4.69, 9.17) is 5.73 Å². The maximum absolute atomic E-state index is 5.48. The van der Waals surface area contributed by atoms with E-state index in [1.165, 1.54) is 24.9 Å². The Hall–Kier alpha value is -1.34. The maximum atomic E-state index is 5.48. The molecule has 1 aliphatic rings. The predicted octanol–water partition coefficient (Wildman–Crippen LogP) is 1.91. The Balaban J connectivity index is 1.98. The molecule has 3 nitrogen and oxygen atoms in total. The normalized spacial score (nSPS) is 18.8. The van der Waals surface area contributed by atoms with Gasteiger partial charge in [-0.1, -0.05) is 37.0 Å². The largest absolute Gasteiger partial charge is 0.320 e. The van der Waals surface area contributed by atoms with E-state index in [-0.39, 0.29) is 0 Å². The highest BCUT2D eigenvalue weighted by Crippen LogP contribution is 2.18. The molecule has 1 unspecified atom stereocenters. The molecule has 1 aliphatic heterocycles. The van der Waals surface area contributed by atoms with E-state index >= 15 is 0 Å². The first-order chi connectivity index (χ1) is 10.2. The van der Waals surface area contributed by atoms with E-state index < -0.39 is 0 Å². The van der Waals surface area contributed by atoms with Gasteiger partial charge in [0.05, 0.1) is 6.54 Å². The zero-order valence-electron chi connectivity index (χ0n) is 13.3.